The minimum absolute atomic E-state index is 0.250. The van der Waals surface area contributed by atoms with E-state index in [0.29, 0.717) is 23.0 Å². The Hall–Kier alpha value is -0.310. The normalized spacial score (nSPS) is 25.0. The van der Waals surface area contributed by atoms with Gasteiger partial charge in [-0.15, -0.1) is 11.6 Å². The van der Waals surface area contributed by atoms with Gasteiger partial charge in [0.25, 0.3) is 0 Å². The molecular weight excluding hydrogens is 236 g/mol. The molecule has 0 aliphatic heterocycles. The van der Waals surface area contributed by atoms with Gasteiger partial charge < -0.3 is 5.32 Å². The lowest BCUT2D eigenvalue weighted by atomic mass is 9.92. The molecule has 0 amide bonds. The van der Waals surface area contributed by atoms with Gasteiger partial charge in [0.05, 0.1) is 0 Å². The van der Waals surface area contributed by atoms with Crippen molar-refractivity contribution < 1.29 is 4.39 Å². The van der Waals surface area contributed by atoms with Crippen LogP contribution in [0, 0.1) is 5.82 Å². The predicted molar refractivity (Wildman–Crippen MR) is 60.9 cm³/mol. The summed E-state index contributed by atoms with van der Waals surface area (Å²) in [5.74, 6) is -0.250. The summed E-state index contributed by atoms with van der Waals surface area (Å²) < 4.78 is 12.9. The van der Waals surface area contributed by atoms with Crippen molar-refractivity contribution in [3.8, 4) is 0 Å². The van der Waals surface area contributed by atoms with Crippen molar-refractivity contribution in [3.63, 3.8) is 0 Å². The molecule has 82 valence electrons. The highest BCUT2D eigenvalue weighted by Gasteiger charge is 2.26. The van der Waals surface area contributed by atoms with Crippen molar-refractivity contribution in [1.29, 1.82) is 0 Å². The van der Waals surface area contributed by atoms with Crippen LogP contribution < -0.4 is 5.32 Å². The average molecular weight is 248 g/mol. The van der Waals surface area contributed by atoms with E-state index < -0.39 is 0 Å². The first-order valence-electron chi connectivity index (χ1n) is 4.96. The van der Waals surface area contributed by atoms with Crippen LogP contribution in [0.4, 0.5) is 4.39 Å². The molecule has 1 aromatic rings. The van der Waals surface area contributed by atoms with E-state index in [0.717, 1.165) is 18.4 Å². The first-order chi connectivity index (χ1) is 7.15. The number of hydrogen-bond donors (Lipinski definition) is 1. The highest BCUT2D eigenvalue weighted by atomic mass is 35.5. The molecule has 1 aliphatic carbocycles. The zero-order valence-electron chi connectivity index (χ0n) is 8.14. The summed E-state index contributed by atoms with van der Waals surface area (Å²) in [4.78, 5) is 0. The Balaban J connectivity index is 1.90. The molecule has 0 unspecified atom stereocenters. The fourth-order valence-electron chi connectivity index (χ4n) is 1.65. The van der Waals surface area contributed by atoms with Crippen LogP contribution in [-0.2, 0) is 6.54 Å². The maximum atomic E-state index is 12.9. The lowest BCUT2D eigenvalue weighted by Gasteiger charge is -2.31. The Labute approximate surface area is 98.6 Å². The van der Waals surface area contributed by atoms with Gasteiger partial charge >= 0.3 is 0 Å². The standard InChI is InChI=1S/C11H12Cl2FN/c12-8-4-10(5-8)15-6-7-3-9(14)1-2-11(7)13/h1-3,8,10,15H,4-6H2. The van der Waals surface area contributed by atoms with Gasteiger partial charge in [0, 0.05) is 23.0 Å². The lowest BCUT2D eigenvalue weighted by Crippen LogP contribution is -2.41. The molecule has 1 aromatic carbocycles. The number of alkyl halides is 1. The molecule has 1 saturated carbocycles. The molecule has 0 atom stereocenters. The smallest absolute Gasteiger partial charge is 0.123 e. The Morgan fingerprint density at radius 2 is 2.13 bits per heavy atom. The first kappa shape index (κ1) is 11.2. The number of benzene rings is 1. The fraction of sp³-hybridized carbons (Fsp3) is 0.455. The van der Waals surface area contributed by atoms with E-state index >= 15 is 0 Å². The third-order valence-corrected chi connectivity index (χ3v) is 3.39. The highest BCUT2D eigenvalue weighted by Crippen LogP contribution is 2.26. The van der Waals surface area contributed by atoms with Crippen molar-refractivity contribution >= 4 is 23.2 Å². The van der Waals surface area contributed by atoms with Crippen LogP contribution in [0.3, 0.4) is 0 Å². The van der Waals surface area contributed by atoms with Crippen LogP contribution in [0.15, 0.2) is 18.2 Å². The lowest BCUT2D eigenvalue weighted by molar-refractivity contribution is 0.345. The summed E-state index contributed by atoms with van der Waals surface area (Å²) in [6, 6.07) is 4.86. The van der Waals surface area contributed by atoms with Gasteiger partial charge in [-0.3, -0.25) is 0 Å². The maximum absolute atomic E-state index is 12.9. The SMILES string of the molecule is Fc1ccc(Cl)c(CNC2CC(Cl)C2)c1. The number of hydrogen-bond acceptors (Lipinski definition) is 1. The van der Waals surface area contributed by atoms with Crippen LogP contribution in [0.5, 0.6) is 0 Å². The zero-order valence-corrected chi connectivity index (χ0v) is 9.65. The number of nitrogens with one attached hydrogen (secondary N) is 1. The molecule has 0 bridgehead atoms. The second kappa shape index (κ2) is 4.69. The summed E-state index contributed by atoms with van der Waals surface area (Å²) in [5, 5.41) is 4.20. The van der Waals surface area contributed by atoms with Gasteiger partial charge in [-0.2, -0.15) is 0 Å². The largest absolute Gasteiger partial charge is 0.310 e. The topological polar surface area (TPSA) is 12.0 Å². The highest BCUT2D eigenvalue weighted by molar-refractivity contribution is 6.31. The van der Waals surface area contributed by atoms with Crippen molar-refractivity contribution in [3.05, 3.63) is 34.6 Å². The third kappa shape index (κ3) is 2.83. The van der Waals surface area contributed by atoms with Crippen molar-refractivity contribution in [2.45, 2.75) is 30.8 Å². The molecule has 1 fully saturated rings. The monoisotopic (exact) mass is 247 g/mol. The molecule has 0 saturated heterocycles. The van der Waals surface area contributed by atoms with E-state index in [2.05, 4.69) is 5.32 Å². The number of rotatable bonds is 3. The van der Waals surface area contributed by atoms with E-state index in [1.807, 2.05) is 0 Å². The Bertz CT molecular complexity index is 350. The zero-order chi connectivity index (χ0) is 10.8. The van der Waals surface area contributed by atoms with Crippen molar-refractivity contribution in [2.24, 2.45) is 0 Å². The quantitative estimate of drug-likeness (QED) is 0.809. The van der Waals surface area contributed by atoms with Crippen molar-refractivity contribution in [2.75, 3.05) is 0 Å². The molecule has 2 rings (SSSR count). The summed E-state index contributed by atoms with van der Waals surface area (Å²) in [6.07, 6.45) is 1.96. The van der Waals surface area contributed by atoms with E-state index in [-0.39, 0.29) is 5.82 Å². The van der Waals surface area contributed by atoms with Gasteiger partial charge in [-0.1, -0.05) is 11.6 Å². The maximum Gasteiger partial charge on any atom is 0.123 e. The second-order valence-electron chi connectivity index (χ2n) is 3.88. The van der Waals surface area contributed by atoms with Crippen LogP contribution in [0.2, 0.25) is 5.02 Å². The van der Waals surface area contributed by atoms with Gasteiger partial charge in [-0.05, 0) is 36.6 Å². The average Bonchev–Trinajstić information content (AvgIpc) is 2.16. The Morgan fingerprint density at radius 1 is 1.40 bits per heavy atom. The fourth-order valence-corrected chi connectivity index (χ4v) is 2.26. The van der Waals surface area contributed by atoms with E-state index in [1.165, 1.54) is 12.1 Å². The van der Waals surface area contributed by atoms with E-state index in [4.69, 9.17) is 23.2 Å². The minimum atomic E-state index is -0.250. The van der Waals surface area contributed by atoms with Gasteiger partial charge in [0.15, 0.2) is 0 Å². The Kier molecular flexibility index (Phi) is 3.49. The predicted octanol–water partition coefficient (Wildman–Crippen LogP) is 3.34. The van der Waals surface area contributed by atoms with Gasteiger partial charge in [0.1, 0.15) is 5.82 Å². The molecule has 15 heavy (non-hydrogen) atoms. The molecule has 0 aromatic heterocycles. The molecule has 1 N–H and O–H groups in total. The third-order valence-electron chi connectivity index (χ3n) is 2.67. The summed E-state index contributed by atoms with van der Waals surface area (Å²) in [5.41, 5.74) is 0.801. The van der Waals surface area contributed by atoms with Crippen LogP contribution >= 0.6 is 23.2 Å². The molecule has 0 heterocycles. The molecule has 0 radical (unpaired) electrons. The van der Waals surface area contributed by atoms with E-state index in [9.17, 15) is 4.39 Å². The molecule has 4 heteroatoms. The summed E-state index contributed by atoms with van der Waals surface area (Å²) >= 11 is 11.8. The van der Waals surface area contributed by atoms with Gasteiger partial charge in [-0.25, -0.2) is 4.39 Å². The minimum Gasteiger partial charge on any atom is -0.310 e. The Morgan fingerprint density at radius 3 is 2.80 bits per heavy atom. The molecule has 1 nitrogen and oxygen atoms in total. The first-order valence-corrected chi connectivity index (χ1v) is 5.78. The van der Waals surface area contributed by atoms with Crippen molar-refractivity contribution in [1.82, 2.24) is 5.32 Å². The van der Waals surface area contributed by atoms with Gasteiger partial charge in [0.2, 0.25) is 0 Å². The molecule has 0 spiro atoms. The second-order valence-corrected chi connectivity index (χ2v) is 4.91. The summed E-state index contributed by atoms with van der Waals surface area (Å²) in [6.45, 7) is 0.602. The number of halogens is 3. The van der Waals surface area contributed by atoms with Crippen LogP contribution in [0.1, 0.15) is 18.4 Å². The summed E-state index contributed by atoms with van der Waals surface area (Å²) in [7, 11) is 0. The van der Waals surface area contributed by atoms with E-state index in [1.54, 1.807) is 6.07 Å². The molecule has 1 aliphatic rings. The molecular formula is C11H12Cl2FN. The van der Waals surface area contributed by atoms with Crippen LogP contribution in [0.25, 0.3) is 0 Å². The van der Waals surface area contributed by atoms with Crippen LogP contribution in [-0.4, -0.2) is 11.4 Å².